The van der Waals surface area contributed by atoms with Crippen molar-refractivity contribution in [1.82, 2.24) is 14.4 Å². The Labute approximate surface area is 182 Å². The average Bonchev–Trinajstić information content (AvgIpc) is 3.39. The predicted octanol–water partition coefficient (Wildman–Crippen LogP) is 3.41. The highest BCUT2D eigenvalue weighted by atomic mass is 16.5. The lowest BCUT2D eigenvalue weighted by Gasteiger charge is -2.10. The van der Waals surface area contributed by atoms with E-state index in [0.717, 1.165) is 22.5 Å². The summed E-state index contributed by atoms with van der Waals surface area (Å²) in [4.78, 5) is 43.4. The summed E-state index contributed by atoms with van der Waals surface area (Å²) in [7, 11) is 0. The molecule has 1 aliphatic rings. The second-order valence-corrected chi connectivity index (χ2v) is 7.32. The van der Waals surface area contributed by atoms with Crippen LogP contribution in [0.4, 0.5) is 16.2 Å². The minimum atomic E-state index is -0.408. The van der Waals surface area contributed by atoms with Crippen LogP contribution in [0.15, 0.2) is 59.7 Å². The number of benzene rings is 2. The molecular weight excluding hydrogens is 410 g/mol. The van der Waals surface area contributed by atoms with E-state index in [1.54, 1.807) is 54.0 Å². The third-order valence-electron chi connectivity index (χ3n) is 5.31. The molecule has 1 aliphatic carbocycles. The van der Waals surface area contributed by atoms with Crippen molar-refractivity contribution in [2.75, 3.05) is 17.2 Å². The Balaban J connectivity index is 1.31. The zero-order chi connectivity index (χ0) is 22.2. The van der Waals surface area contributed by atoms with E-state index in [9.17, 15) is 14.4 Å². The molecule has 0 saturated carbocycles. The van der Waals surface area contributed by atoms with Crippen LogP contribution >= 0.6 is 0 Å². The predicted molar refractivity (Wildman–Crippen MR) is 119 cm³/mol. The summed E-state index contributed by atoms with van der Waals surface area (Å²) in [6.07, 6.45) is 3.99. The van der Waals surface area contributed by atoms with Gasteiger partial charge < -0.3 is 20.4 Å². The summed E-state index contributed by atoms with van der Waals surface area (Å²) < 4.78 is 6.75. The van der Waals surface area contributed by atoms with Crippen LogP contribution in [-0.4, -0.2) is 33.0 Å². The lowest BCUT2D eigenvalue weighted by atomic mass is 10.1. The van der Waals surface area contributed by atoms with Gasteiger partial charge in [-0.3, -0.25) is 9.20 Å². The molecule has 2 amide bonds. The first-order valence-electron chi connectivity index (χ1n) is 10.1. The summed E-state index contributed by atoms with van der Waals surface area (Å²) in [5, 5.41) is 5.55. The van der Waals surface area contributed by atoms with Gasteiger partial charge in [0.25, 0.3) is 5.56 Å². The minimum Gasteiger partial charge on any atom is -0.462 e. The van der Waals surface area contributed by atoms with Crippen molar-refractivity contribution in [3.63, 3.8) is 0 Å². The van der Waals surface area contributed by atoms with Gasteiger partial charge in [-0.1, -0.05) is 6.07 Å². The number of ether oxygens (including phenoxy) is 1. The van der Waals surface area contributed by atoms with E-state index in [4.69, 9.17) is 4.74 Å². The highest BCUT2D eigenvalue weighted by molar-refractivity contribution is 6.00. The topological polar surface area (TPSA) is 118 Å². The van der Waals surface area contributed by atoms with Gasteiger partial charge in [0.15, 0.2) is 0 Å². The molecule has 9 nitrogen and oxygen atoms in total. The van der Waals surface area contributed by atoms with Crippen LogP contribution in [0.5, 0.6) is 0 Å². The number of aromatic nitrogens is 3. The van der Waals surface area contributed by atoms with Crippen molar-refractivity contribution in [2.45, 2.75) is 13.3 Å². The maximum atomic E-state index is 12.4. The van der Waals surface area contributed by atoms with Crippen molar-refractivity contribution in [3.05, 3.63) is 82.0 Å². The number of rotatable bonds is 4. The smallest absolute Gasteiger partial charge is 0.338 e. The molecule has 2 heterocycles. The van der Waals surface area contributed by atoms with Crippen LogP contribution < -0.4 is 16.2 Å². The number of urea groups is 1. The maximum Gasteiger partial charge on any atom is 0.338 e. The number of fused-ring (bicyclic) bond motifs is 5. The molecule has 9 heteroatoms. The summed E-state index contributed by atoms with van der Waals surface area (Å²) >= 11 is 0. The fourth-order valence-corrected chi connectivity index (χ4v) is 3.89. The second kappa shape index (κ2) is 7.69. The molecule has 3 N–H and O–H groups in total. The number of amides is 2. The van der Waals surface area contributed by atoms with E-state index in [-0.39, 0.29) is 5.56 Å². The molecule has 0 unspecified atom stereocenters. The number of aromatic amines is 1. The standard InChI is InChI=1S/C23H19N5O4/c1-2-32-22(30)13-3-5-15(6-4-13)25-23(31)26-16-7-8-17-14(11-16)12-18-19(17)27-21(29)20-24-9-10-28(18)20/h3-11H,2,12H2,1H3,(H,27,29)(H2,25,26,31). The van der Waals surface area contributed by atoms with Gasteiger partial charge in [0, 0.05) is 35.8 Å². The molecule has 32 heavy (non-hydrogen) atoms. The van der Waals surface area contributed by atoms with E-state index >= 15 is 0 Å². The Kier molecular flexibility index (Phi) is 4.70. The zero-order valence-corrected chi connectivity index (χ0v) is 17.1. The molecule has 0 fully saturated rings. The first-order chi connectivity index (χ1) is 15.5. The van der Waals surface area contributed by atoms with Crippen molar-refractivity contribution < 1.29 is 14.3 Å². The molecule has 0 radical (unpaired) electrons. The summed E-state index contributed by atoms with van der Waals surface area (Å²) in [5.41, 5.74) is 5.36. The van der Waals surface area contributed by atoms with Crippen LogP contribution in [-0.2, 0) is 11.2 Å². The Bertz CT molecular complexity index is 1420. The van der Waals surface area contributed by atoms with E-state index < -0.39 is 12.0 Å². The van der Waals surface area contributed by atoms with E-state index in [0.29, 0.717) is 35.6 Å². The molecule has 0 saturated heterocycles. The molecule has 5 rings (SSSR count). The summed E-state index contributed by atoms with van der Waals surface area (Å²) in [6.45, 7) is 2.05. The molecule has 0 spiro atoms. The van der Waals surface area contributed by atoms with Crippen molar-refractivity contribution in [1.29, 1.82) is 0 Å². The van der Waals surface area contributed by atoms with Crippen LogP contribution in [0.3, 0.4) is 0 Å². The Morgan fingerprint density at radius 2 is 1.88 bits per heavy atom. The molecule has 160 valence electrons. The Morgan fingerprint density at radius 1 is 1.12 bits per heavy atom. The van der Waals surface area contributed by atoms with E-state index in [1.165, 1.54) is 0 Å². The van der Waals surface area contributed by atoms with Crippen LogP contribution in [0.2, 0.25) is 0 Å². The minimum absolute atomic E-state index is 0.239. The molecule has 2 aromatic heterocycles. The quantitative estimate of drug-likeness (QED) is 0.379. The van der Waals surface area contributed by atoms with Crippen LogP contribution in [0, 0.1) is 0 Å². The molecular formula is C23H19N5O4. The van der Waals surface area contributed by atoms with Gasteiger partial charge in [0.1, 0.15) is 0 Å². The van der Waals surface area contributed by atoms with Gasteiger partial charge in [0.2, 0.25) is 5.65 Å². The maximum absolute atomic E-state index is 12.4. The first kappa shape index (κ1) is 19.6. The normalized spacial score (nSPS) is 11.7. The number of nitrogens with zero attached hydrogens (tertiary/aromatic N) is 2. The lowest BCUT2D eigenvalue weighted by molar-refractivity contribution is 0.0526. The molecule has 2 aromatic carbocycles. The third kappa shape index (κ3) is 3.39. The van der Waals surface area contributed by atoms with Crippen molar-refractivity contribution >= 4 is 29.0 Å². The van der Waals surface area contributed by atoms with E-state index in [2.05, 4.69) is 20.6 Å². The number of nitrogens with one attached hydrogen (secondary N) is 3. The molecule has 0 atom stereocenters. The van der Waals surface area contributed by atoms with Crippen molar-refractivity contribution in [3.8, 4) is 11.3 Å². The van der Waals surface area contributed by atoms with Crippen molar-refractivity contribution in [2.24, 2.45) is 0 Å². The van der Waals surface area contributed by atoms with Crippen LogP contribution in [0.1, 0.15) is 28.5 Å². The van der Waals surface area contributed by atoms with Gasteiger partial charge >= 0.3 is 12.0 Å². The molecule has 0 bridgehead atoms. The van der Waals surface area contributed by atoms with Crippen LogP contribution in [0.25, 0.3) is 16.9 Å². The monoisotopic (exact) mass is 429 g/mol. The average molecular weight is 429 g/mol. The fourth-order valence-electron chi connectivity index (χ4n) is 3.89. The highest BCUT2D eigenvalue weighted by Crippen LogP contribution is 2.36. The van der Waals surface area contributed by atoms with Gasteiger partial charge in [-0.15, -0.1) is 0 Å². The van der Waals surface area contributed by atoms with Gasteiger partial charge in [-0.2, -0.15) is 0 Å². The Morgan fingerprint density at radius 3 is 2.66 bits per heavy atom. The number of imidazole rings is 1. The lowest BCUT2D eigenvalue weighted by Crippen LogP contribution is -2.19. The molecule has 4 aromatic rings. The largest absolute Gasteiger partial charge is 0.462 e. The number of carbonyl (C=O) groups is 2. The highest BCUT2D eigenvalue weighted by Gasteiger charge is 2.23. The number of hydrogen-bond donors (Lipinski definition) is 3. The van der Waals surface area contributed by atoms with Gasteiger partial charge in [0.05, 0.1) is 23.6 Å². The van der Waals surface area contributed by atoms with E-state index in [1.807, 2.05) is 12.1 Å². The fraction of sp³-hybridized carbons (Fsp3) is 0.130. The zero-order valence-electron chi connectivity index (χ0n) is 17.1. The second-order valence-electron chi connectivity index (χ2n) is 7.32. The number of hydrogen-bond acceptors (Lipinski definition) is 5. The SMILES string of the molecule is CCOC(=O)c1ccc(NC(=O)Nc2ccc3c(c2)Cc2c-3[nH]c(=O)c3nccn23)cc1. The Hall–Kier alpha value is -4.40. The summed E-state index contributed by atoms with van der Waals surface area (Å²) in [6, 6.07) is 11.6. The molecule has 0 aliphatic heterocycles. The third-order valence-corrected chi connectivity index (χ3v) is 5.31. The number of H-pyrrole nitrogens is 1. The number of carbonyl (C=O) groups excluding carboxylic acids is 2. The van der Waals surface area contributed by atoms with Gasteiger partial charge in [-0.05, 0) is 48.9 Å². The number of anilines is 2. The first-order valence-corrected chi connectivity index (χ1v) is 10.1. The van der Waals surface area contributed by atoms with Gasteiger partial charge in [-0.25, -0.2) is 14.6 Å². The summed E-state index contributed by atoms with van der Waals surface area (Å²) in [5.74, 6) is -0.406. The number of esters is 1.